The van der Waals surface area contributed by atoms with Crippen molar-refractivity contribution in [3.63, 3.8) is 0 Å². The SMILES string of the molecule is NC(=O)c1cc[n+](CC2(C(=O)O)CS[C@@H]3C(NC(=O)C(=NOCc4csc(N)n4)c4csc(N)n4)C(=O)N3C2)cc1. The van der Waals surface area contributed by atoms with Crippen LogP contribution < -0.4 is 27.1 Å². The molecular weight excluding hydrogens is 595 g/mol. The number of rotatable bonds is 10. The van der Waals surface area contributed by atoms with Crippen LogP contribution in [-0.4, -0.2) is 73.1 Å². The fourth-order valence-corrected chi connectivity index (χ4v) is 6.99. The van der Waals surface area contributed by atoms with E-state index in [0.717, 1.165) is 11.3 Å². The van der Waals surface area contributed by atoms with Crippen LogP contribution in [0.2, 0.25) is 0 Å². The highest BCUT2D eigenvalue weighted by Crippen LogP contribution is 2.42. The van der Waals surface area contributed by atoms with Gasteiger partial charge in [0, 0.05) is 35.2 Å². The van der Waals surface area contributed by atoms with E-state index in [9.17, 15) is 24.3 Å². The molecule has 0 aliphatic carbocycles. The Morgan fingerprint density at radius 3 is 2.51 bits per heavy atom. The molecule has 3 atom stereocenters. The average Bonchev–Trinajstić information content (AvgIpc) is 3.57. The molecule has 2 fully saturated rings. The summed E-state index contributed by atoms with van der Waals surface area (Å²) in [5, 5.41) is 20.1. The second-order valence-corrected chi connectivity index (χ2v) is 12.2. The molecule has 5 rings (SSSR count). The van der Waals surface area contributed by atoms with E-state index < -0.39 is 40.5 Å². The quantitative estimate of drug-likeness (QED) is 0.0820. The number of carbonyl (C=O) groups is 4. The fourth-order valence-electron chi connectivity index (χ4n) is 4.36. The summed E-state index contributed by atoms with van der Waals surface area (Å²) in [6.07, 6.45) is 3.14. The number of primary amides is 1. The van der Waals surface area contributed by atoms with E-state index in [1.807, 2.05) is 0 Å². The van der Waals surface area contributed by atoms with Gasteiger partial charge in [0.25, 0.3) is 5.91 Å². The van der Waals surface area contributed by atoms with E-state index in [0.29, 0.717) is 16.4 Å². The molecule has 0 radical (unpaired) electrons. The Labute approximate surface area is 244 Å². The van der Waals surface area contributed by atoms with Crippen molar-refractivity contribution in [3.05, 3.63) is 52.2 Å². The number of β-lactam (4-membered cyclic amide) rings is 1. The molecular formula is C23H24N9O6S3+. The van der Waals surface area contributed by atoms with Crippen molar-refractivity contribution in [3.8, 4) is 0 Å². The summed E-state index contributed by atoms with van der Waals surface area (Å²) in [5.41, 5.74) is 16.2. The molecule has 15 nitrogen and oxygen atoms in total. The van der Waals surface area contributed by atoms with Gasteiger partial charge in [0.2, 0.25) is 11.8 Å². The molecule has 3 aromatic rings. The molecule has 18 heteroatoms. The van der Waals surface area contributed by atoms with Crippen LogP contribution in [-0.2, 0) is 32.4 Å². The zero-order chi connectivity index (χ0) is 29.3. The van der Waals surface area contributed by atoms with Gasteiger partial charge in [-0.3, -0.25) is 19.2 Å². The number of nitrogens with zero attached hydrogens (tertiary/aromatic N) is 5. The summed E-state index contributed by atoms with van der Waals surface area (Å²) < 4.78 is 1.63. The van der Waals surface area contributed by atoms with Gasteiger partial charge < -0.3 is 37.4 Å². The van der Waals surface area contributed by atoms with Crippen molar-refractivity contribution >= 4 is 74.1 Å². The third-order valence-electron chi connectivity index (χ3n) is 6.46. The number of hydrogen-bond donors (Lipinski definition) is 5. The van der Waals surface area contributed by atoms with Crippen molar-refractivity contribution in [1.29, 1.82) is 0 Å². The summed E-state index contributed by atoms with van der Waals surface area (Å²) in [5.74, 6) is -2.61. The van der Waals surface area contributed by atoms with Crippen LogP contribution in [0.3, 0.4) is 0 Å². The van der Waals surface area contributed by atoms with Gasteiger partial charge in [-0.15, -0.1) is 34.4 Å². The van der Waals surface area contributed by atoms with Crippen molar-refractivity contribution < 1.29 is 33.7 Å². The number of carboxylic acid groups (broad SMARTS) is 1. The molecule has 214 valence electrons. The number of nitrogens with two attached hydrogens (primary N) is 3. The minimum Gasteiger partial charge on any atom is -0.481 e. The van der Waals surface area contributed by atoms with Crippen LogP contribution in [0.5, 0.6) is 0 Å². The molecule has 0 spiro atoms. The summed E-state index contributed by atoms with van der Waals surface area (Å²) in [4.78, 5) is 65.0. The largest absolute Gasteiger partial charge is 0.481 e. The van der Waals surface area contributed by atoms with Crippen molar-refractivity contribution in [1.82, 2.24) is 20.2 Å². The lowest BCUT2D eigenvalue weighted by Gasteiger charge is -2.53. The number of aromatic nitrogens is 3. The Morgan fingerprint density at radius 2 is 1.90 bits per heavy atom. The molecule has 2 aliphatic heterocycles. The normalized spacial score (nSPS) is 22.0. The number of nitrogen functional groups attached to an aromatic ring is 2. The van der Waals surface area contributed by atoms with Gasteiger partial charge in [0.1, 0.15) is 17.1 Å². The Hall–Kier alpha value is -4.29. The lowest BCUT2D eigenvalue weighted by Crippen LogP contribution is -2.75. The number of aliphatic carboxylic acids is 1. The monoisotopic (exact) mass is 618 g/mol. The zero-order valence-corrected chi connectivity index (χ0v) is 23.6. The van der Waals surface area contributed by atoms with Crippen LogP contribution in [0.15, 0.2) is 40.4 Å². The molecule has 2 saturated heterocycles. The maximum Gasteiger partial charge on any atom is 0.318 e. The summed E-state index contributed by atoms with van der Waals surface area (Å²) in [7, 11) is 0. The minimum absolute atomic E-state index is 0.0424. The van der Waals surface area contributed by atoms with E-state index in [2.05, 4.69) is 20.4 Å². The Bertz CT molecular complexity index is 1540. The van der Waals surface area contributed by atoms with E-state index in [-0.39, 0.29) is 42.0 Å². The number of hydrogen-bond acceptors (Lipinski definition) is 13. The number of fused-ring (bicyclic) bond motifs is 1. The third kappa shape index (κ3) is 5.79. The van der Waals surface area contributed by atoms with Crippen LogP contribution in [0, 0.1) is 5.41 Å². The Kier molecular flexibility index (Phi) is 7.78. The molecule has 2 unspecified atom stereocenters. The number of nitrogens with one attached hydrogen (secondary N) is 1. The third-order valence-corrected chi connectivity index (χ3v) is 9.45. The second kappa shape index (κ2) is 11.3. The maximum atomic E-state index is 13.2. The molecule has 41 heavy (non-hydrogen) atoms. The second-order valence-electron chi connectivity index (χ2n) is 9.29. The first-order valence-electron chi connectivity index (χ1n) is 11.9. The number of carboxylic acids is 1. The summed E-state index contributed by atoms with van der Waals surface area (Å²) in [6.45, 7) is -0.0373. The first-order chi connectivity index (χ1) is 19.6. The maximum absolute atomic E-state index is 13.2. The van der Waals surface area contributed by atoms with Gasteiger partial charge >= 0.3 is 5.97 Å². The Balaban J connectivity index is 1.27. The highest BCUT2D eigenvalue weighted by atomic mass is 32.2. The highest BCUT2D eigenvalue weighted by Gasteiger charge is 2.59. The number of pyridine rings is 1. The van der Waals surface area contributed by atoms with Crippen LogP contribution in [0.25, 0.3) is 0 Å². The van der Waals surface area contributed by atoms with Gasteiger partial charge in [-0.1, -0.05) is 5.16 Å². The van der Waals surface area contributed by atoms with Crippen LogP contribution >= 0.6 is 34.4 Å². The molecule has 0 bridgehead atoms. The number of thioether (sulfide) groups is 1. The highest BCUT2D eigenvalue weighted by molar-refractivity contribution is 8.00. The first-order valence-corrected chi connectivity index (χ1v) is 14.7. The lowest BCUT2D eigenvalue weighted by molar-refractivity contribution is -0.706. The molecule has 5 heterocycles. The minimum atomic E-state index is -1.29. The van der Waals surface area contributed by atoms with Gasteiger partial charge in [-0.2, -0.15) is 0 Å². The predicted molar refractivity (Wildman–Crippen MR) is 149 cm³/mol. The lowest BCUT2D eigenvalue weighted by atomic mass is 9.86. The fraction of sp³-hybridized carbons (Fsp3) is 0.304. The summed E-state index contributed by atoms with van der Waals surface area (Å²) >= 11 is 3.60. The van der Waals surface area contributed by atoms with Crippen LogP contribution in [0.1, 0.15) is 21.7 Å². The molecule has 8 N–H and O–H groups in total. The first kappa shape index (κ1) is 28.2. The topological polar surface area (TPSA) is 233 Å². The van der Waals surface area contributed by atoms with E-state index in [4.69, 9.17) is 22.0 Å². The van der Waals surface area contributed by atoms with Crippen LogP contribution in [0.4, 0.5) is 10.3 Å². The zero-order valence-electron chi connectivity index (χ0n) is 21.1. The van der Waals surface area contributed by atoms with Gasteiger partial charge in [0.05, 0.1) is 11.3 Å². The number of oxime groups is 1. The van der Waals surface area contributed by atoms with Crippen molar-refractivity contribution in [2.24, 2.45) is 16.3 Å². The standard InChI is InChI=1S/C23H23N9O6S3/c24-16(33)11-1-3-31(4-2-11)8-23(20(36)37)9-32-18(35)15(19(32)41-10-23)29-17(34)14(13-7-40-22(26)28-13)30-38-5-12-6-39-21(25)27-12/h1-4,6-7,15,19H,5,8-10H2,(H7-,24,25,26,27,28,29,33,34,36,37)/p+1/t15?,19-,23?/m1/s1. The molecule has 3 aromatic heterocycles. The number of amides is 3. The predicted octanol–water partition coefficient (Wildman–Crippen LogP) is -0.758. The van der Waals surface area contributed by atoms with Crippen molar-refractivity contribution in [2.75, 3.05) is 23.8 Å². The molecule has 0 saturated carbocycles. The summed E-state index contributed by atoms with van der Waals surface area (Å²) in [6, 6.07) is 2.10. The van der Waals surface area contributed by atoms with E-state index >= 15 is 0 Å². The molecule has 2 aliphatic rings. The van der Waals surface area contributed by atoms with Gasteiger partial charge in [-0.05, 0) is 0 Å². The Morgan fingerprint density at radius 1 is 1.20 bits per heavy atom. The number of thiazole rings is 2. The van der Waals surface area contributed by atoms with E-state index in [1.54, 1.807) is 22.3 Å². The molecule has 0 aromatic carbocycles. The molecule has 3 amide bonds. The average molecular weight is 619 g/mol. The van der Waals surface area contributed by atoms with E-state index in [1.165, 1.54) is 45.5 Å². The van der Waals surface area contributed by atoms with Gasteiger partial charge in [0.15, 0.2) is 46.9 Å². The number of carbonyl (C=O) groups excluding carboxylic acids is 3. The van der Waals surface area contributed by atoms with Crippen molar-refractivity contribution in [2.45, 2.75) is 24.6 Å². The smallest absolute Gasteiger partial charge is 0.318 e. The number of anilines is 2. The van der Waals surface area contributed by atoms with Gasteiger partial charge in [-0.25, -0.2) is 14.5 Å².